The van der Waals surface area contributed by atoms with E-state index in [0.717, 1.165) is 0 Å². The Morgan fingerprint density at radius 2 is 1.96 bits per heavy atom. The Kier molecular flexibility index (Phi) is 5.92. The zero-order valence-electron chi connectivity index (χ0n) is 13.2. The maximum absolute atomic E-state index is 12.0. The number of hydrogen-bond acceptors (Lipinski definition) is 4. The van der Waals surface area contributed by atoms with Crippen LogP contribution in [-0.4, -0.2) is 25.0 Å². The average Bonchev–Trinajstić information content (AvgIpc) is 2.60. The van der Waals surface area contributed by atoms with E-state index < -0.39 is 0 Å². The Bertz CT molecular complexity index is 781. The molecule has 0 aliphatic heterocycles. The van der Waals surface area contributed by atoms with E-state index in [-0.39, 0.29) is 18.4 Å². The smallest absolute Gasteiger partial charge is 0.262 e. The molecule has 0 saturated heterocycles. The maximum atomic E-state index is 12.0. The lowest BCUT2D eigenvalue weighted by molar-refractivity contribution is -0.118. The van der Waals surface area contributed by atoms with E-state index in [4.69, 9.17) is 10.00 Å². The van der Waals surface area contributed by atoms with Crippen LogP contribution in [0.3, 0.4) is 0 Å². The first-order valence-corrected chi connectivity index (χ1v) is 7.44. The topological polar surface area (TPSA) is 91.2 Å². The molecule has 6 heteroatoms. The lowest BCUT2D eigenvalue weighted by atomic mass is 10.2. The molecule has 6 nitrogen and oxygen atoms in total. The van der Waals surface area contributed by atoms with Crippen molar-refractivity contribution >= 4 is 17.5 Å². The number of nitriles is 1. The Labute approximate surface area is 140 Å². The largest absolute Gasteiger partial charge is 0.482 e. The van der Waals surface area contributed by atoms with Crippen molar-refractivity contribution in [3.63, 3.8) is 0 Å². The molecular weight excluding hydrogens is 306 g/mol. The molecular formula is C18H17N3O3. The molecule has 0 heterocycles. The van der Waals surface area contributed by atoms with Gasteiger partial charge in [0.1, 0.15) is 11.8 Å². The molecule has 0 aliphatic rings. The minimum Gasteiger partial charge on any atom is -0.482 e. The van der Waals surface area contributed by atoms with E-state index in [2.05, 4.69) is 10.6 Å². The number of nitrogens with one attached hydrogen (secondary N) is 2. The van der Waals surface area contributed by atoms with Gasteiger partial charge in [0, 0.05) is 17.8 Å². The van der Waals surface area contributed by atoms with Gasteiger partial charge in [-0.2, -0.15) is 5.26 Å². The highest BCUT2D eigenvalue weighted by Crippen LogP contribution is 2.16. The van der Waals surface area contributed by atoms with Crippen LogP contribution in [0.4, 0.5) is 5.69 Å². The number of carbonyl (C=O) groups excluding carboxylic acids is 2. The predicted molar refractivity (Wildman–Crippen MR) is 89.7 cm³/mol. The van der Waals surface area contributed by atoms with E-state index in [1.165, 1.54) is 0 Å². The first-order chi connectivity index (χ1) is 11.6. The number of rotatable bonds is 6. The normalized spacial score (nSPS) is 9.67. The van der Waals surface area contributed by atoms with Crippen LogP contribution in [-0.2, 0) is 4.79 Å². The van der Waals surface area contributed by atoms with Gasteiger partial charge in [-0.05, 0) is 37.3 Å². The molecule has 122 valence electrons. The average molecular weight is 323 g/mol. The fraction of sp³-hybridized carbons (Fsp3) is 0.167. The van der Waals surface area contributed by atoms with Crippen LogP contribution < -0.4 is 15.4 Å². The van der Waals surface area contributed by atoms with Gasteiger partial charge in [0.2, 0.25) is 0 Å². The van der Waals surface area contributed by atoms with Crippen molar-refractivity contribution in [2.75, 3.05) is 18.5 Å². The van der Waals surface area contributed by atoms with E-state index in [1.54, 1.807) is 48.5 Å². The quantitative estimate of drug-likeness (QED) is 0.853. The number of amides is 2. The lowest BCUT2D eigenvalue weighted by Gasteiger charge is -2.09. The molecule has 24 heavy (non-hydrogen) atoms. The summed E-state index contributed by atoms with van der Waals surface area (Å²) in [6.07, 6.45) is 0. The molecule has 2 amide bonds. The number of anilines is 1. The number of benzene rings is 2. The van der Waals surface area contributed by atoms with Gasteiger partial charge in [0.15, 0.2) is 6.61 Å². The molecule has 0 aliphatic carbocycles. The van der Waals surface area contributed by atoms with Crippen molar-refractivity contribution in [1.82, 2.24) is 5.32 Å². The van der Waals surface area contributed by atoms with Crippen LogP contribution in [0.25, 0.3) is 0 Å². The second-order valence-electron chi connectivity index (χ2n) is 4.89. The van der Waals surface area contributed by atoms with Crippen molar-refractivity contribution in [3.8, 4) is 11.8 Å². The summed E-state index contributed by atoms with van der Waals surface area (Å²) < 4.78 is 5.36. The SMILES string of the molecule is CCNC(=O)c1cccc(NC(=O)COc2ccccc2C#N)c1. The molecule has 0 aromatic heterocycles. The van der Waals surface area contributed by atoms with Crippen molar-refractivity contribution in [1.29, 1.82) is 5.26 Å². The second-order valence-corrected chi connectivity index (χ2v) is 4.89. The maximum Gasteiger partial charge on any atom is 0.262 e. The van der Waals surface area contributed by atoms with Crippen LogP contribution in [0.2, 0.25) is 0 Å². The molecule has 0 bridgehead atoms. The molecule has 0 radical (unpaired) electrons. The fourth-order valence-electron chi connectivity index (χ4n) is 2.03. The first-order valence-electron chi connectivity index (χ1n) is 7.44. The standard InChI is InChI=1S/C18H17N3O3/c1-2-20-18(23)13-7-5-8-15(10-13)21-17(22)12-24-16-9-4-3-6-14(16)11-19/h3-10H,2,12H2,1H3,(H,20,23)(H,21,22). The number of hydrogen-bond donors (Lipinski definition) is 2. The van der Waals surface area contributed by atoms with Gasteiger partial charge in [-0.15, -0.1) is 0 Å². The monoisotopic (exact) mass is 323 g/mol. The summed E-state index contributed by atoms with van der Waals surface area (Å²) in [6, 6.07) is 15.3. The third-order valence-electron chi connectivity index (χ3n) is 3.11. The number of carbonyl (C=O) groups is 2. The van der Waals surface area contributed by atoms with Crippen molar-refractivity contribution in [3.05, 3.63) is 59.7 Å². The molecule has 0 spiro atoms. The summed E-state index contributed by atoms with van der Waals surface area (Å²) >= 11 is 0. The molecule has 0 saturated carbocycles. The van der Waals surface area contributed by atoms with E-state index in [9.17, 15) is 9.59 Å². The lowest BCUT2D eigenvalue weighted by Crippen LogP contribution is -2.23. The highest BCUT2D eigenvalue weighted by molar-refractivity contribution is 5.97. The van der Waals surface area contributed by atoms with Crippen molar-refractivity contribution < 1.29 is 14.3 Å². The van der Waals surface area contributed by atoms with Gasteiger partial charge in [-0.25, -0.2) is 0 Å². The Balaban J connectivity index is 1.96. The Morgan fingerprint density at radius 1 is 1.17 bits per heavy atom. The zero-order valence-corrected chi connectivity index (χ0v) is 13.2. The molecule has 0 fully saturated rings. The van der Waals surface area contributed by atoms with E-state index >= 15 is 0 Å². The van der Waals surface area contributed by atoms with Gasteiger partial charge >= 0.3 is 0 Å². The molecule has 2 N–H and O–H groups in total. The number of nitrogens with zero attached hydrogens (tertiary/aromatic N) is 1. The highest BCUT2D eigenvalue weighted by Gasteiger charge is 2.09. The predicted octanol–water partition coefficient (Wildman–Crippen LogP) is 2.33. The summed E-state index contributed by atoms with van der Waals surface area (Å²) in [5, 5.41) is 14.3. The number of ether oxygens (including phenoxy) is 1. The van der Waals surface area contributed by atoms with E-state index in [1.807, 2.05) is 13.0 Å². The summed E-state index contributed by atoms with van der Waals surface area (Å²) in [5.74, 6) is -0.227. The third kappa shape index (κ3) is 4.58. The zero-order chi connectivity index (χ0) is 17.4. The fourth-order valence-corrected chi connectivity index (χ4v) is 2.03. The second kappa shape index (κ2) is 8.34. The van der Waals surface area contributed by atoms with Crippen LogP contribution in [0.5, 0.6) is 5.75 Å². The molecule has 2 rings (SSSR count). The van der Waals surface area contributed by atoms with Crippen molar-refractivity contribution in [2.45, 2.75) is 6.92 Å². The molecule has 0 atom stereocenters. The summed E-state index contributed by atoms with van der Waals surface area (Å²) in [7, 11) is 0. The highest BCUT2D eigenvalue weighted by atomic mass is 16.5. The molecule has 0 unspecified atom stereocenters. The van der Waals surface area contributed by atoms with Gasteiger partial charge in [-0.1, -0.05) is 18.2 Å². The third-order valence-corrected chi connectivity index (χ3v) is 3.11. The Morgan fingerprint density at radius 3 is 2.71 bits per heavy atom. The van der Waals surface area contributed by atoms with Gasteiger partial charge < -0.3 is 15.4 Å². The summed E-state index contributed by atoms with van der Waals surface area (Å²) in [5.41, 5.74) is 1.33. The summed E-state index contributed by atoms with van der Waals surface area (Å²) in [4.78, 5) is 23.8. The molecule has 2 aromatic rings. The van der Waals surface area contributed by atoms with Crippen molar-refractivity contribution in [2.24, 2.45) is 0 Å². The molecule has 2 aromatic carbocycles. The summed E-state index contributed by atoms with van der Waals surface area (Å²) in [6.45, 7) is 2.13. The van der Waals surface area contributed by atoms with Gasteiger partial charge in [0.05, 0.1) is 5.56 Å². The van der Waals surface area contributed by atoms with Gasteiger partial charge in [-0.3, -0.25) is 9.59 Å². The first kappa shape index (κ1) is 17.0. The minimum absolute atomic E-state index is 0.201. The number of para-hydroxylation sites is 1. The van der Waals surface area contributed by atoms with Crippen LogP contribution >= 0.6 is 0 Å². The Hall–Kier alpha value is -3.33. The van der Waals surface area contributed by atoms with Gasteiger partial charge in [0.25, 0.3) is 11.8 Å². The van der Waals surface area contributed by atoms with E-state index in [0.29, 0.717) is 29.1 Å². The van der Waals surface area contributed by atoms with Crippen LogP contribution in [0.15, 0.2) is 48.5 Å². The minimum atomic E-state index is -0.379. The van der Waals surface area contributed by atoms with Crippen LogP contribution in [0, 0.1) is 11.3 Å². The van der Waals surface area contributed by atoms with Crippen LogP contribution in [0.1, 0.15) is 22.8 Å².